The van der Waals surface area contributed by atoms with Crippen LogP contribution in [0.3, 0.4) is 0 Å². The Hall–Kier alpha value is -2.63. The van der Waals surface area contributed by atoms with Gasteiger partial charge in [0.15, 0.2) is 5.65 Å². The fraction of sp³-hybridized carbons (Fsp3) is 0.421. The molecule has 4 rings (SSSR count). The maximum absolute atomic E-state index is 12.3. The monoisotopic (exact) mass is 337 g/mol. The molecule has 6 heteroatoms. The first kappa shape index (κ1) is 15.9. The Morgan fingerprint density at radius 2 is 2.16 bits per heavy atom. The first-order valence-corrected chi connectivity index (χ1v) is 8.81. The molecule has 0 amide bonds. The van der Waals surface area contributed by atoms with E-state index >= 15 is 0 Å². The van der Waals surface area contributed by atoms with Gasteiger partial charge >= 0.3 is 0 Å². The van der Waals surface area contributed by atoms with Crippen LogP contribution < -0.4 is 10.5 Å². The van der Waals surface area contributed by atoms with E-state index in [4.69, 9.17) is 0 Å². The third kappa shape index (κ3) is 2.81. The second-order valence-corrected chi connectivity index (χ2v) is 7.09. The number of hydrogen-bond donors (Lipinski definition) is 1. The highest BCUT2D eigenvalue weighted by molar-refractivity contribution is 5.73. The van der Waals surface area contributed by atoms with Gasteiger partial charge in [-0.05, 0) is 36.0 Å². The summed E-state index contributed by atoms with van der Waals surface area (Å²) in [5.74, 6) is 1.22. The minimum absolute atomic E-state index is 0.125. The average molecular weight is 337 g/mol. The van der Waals surface area contributed by atoms with Gasteiger partial charge in [-0.15, -0.1) is 0 Å². The van der Waals surface area contributed by atoms with Crippen LogP contribution in [0.1, 0.15) is 43.1 Å². The summed E-state index contributed by atoms with van der Waals surface area (Å²) in [5.41, 5.74) is 4.53. The van der Waals surface area contributed by atoms with Gasteiger partial charge in [-0.1, -0.05) is 26.0 Å². The Morgan fingerprint density at radius 1 is 1.32 bits per heavy atom. The lowest BCUT2D eigenvalue weighted by Gasteiger charge is -2.31. The Bertz CT molecular complexity index is 985. The lowest BCUT2D eigenvalue weighted by atomic mass is 9.95. The number of nitrogens with one attached hydrogen (secondary N) is 1. The highest BCUT2D eigenvalue weighted by Gasteiger charge is 2.19. The average Bonchev–Trinajstić information content (AvgIpc) is 2.96. The van der Waals surface area contributed by atoms with Crippen LogP contribution in [0.15, 0.2) is 29.2 Å². The minimum Gasteiger partial charge on any atom is -0.364 e. The summed E-state index contributed by atoms with van der Waals surface area (Å²) in [6.07, 6.45) is 3.79. The highest BCUT2D eigenvalue weighted by atomic mass is 16.1. The number of benzene rings is 1. The third-order valence-corrected chi connectivity index (χ3v) is 4.98. The summed E-state index contributed by atoms with van der Waals surface area (Å²) in [5, 5.41) is 4.66. The van der Waals surface area contributed by atoms with Crippen LogP contribution >= 0.6 is 0 Å². The Labute approximate surface area is 146 Å². The number of aryl methyl sites for hydroxylation is 2. The van der Waals surface area contributed by atoms with Crippen LogP contribution in [-0.4, -0.2) is 26.3 Å². The molecule has 0 saturated carbocycles. The van der Waals surface area contributed by atoms with E-state index in [1.807, 2.05) is 7.05 Å². The minimum atomic E-state index is -0.125. The summed E-state index contributed by atoms with van der Waals surface area (Å²) < 4.78 is 1.65. The van der Waals surface area contributed by atoms with Crippen LogP contribution in [0.25, 0.3) is 11.0 Å². The zero-order chi connectivity index (χ0) is 17.6. The molecule has 6 nitrogen and oxygen atoms in total. The third-order valence-electron chi connectivity index (χ3n) is 4.98. The van der Waals surface area contributed by atoms with Crippen LogP contribution in [0.4, 0.5) is 5.69 Å². The molecule has 0 unspecified atom stereocenters. The summed E-state index contributed by atoms with van der Waals surface area (Å²) in [4.78, 5) is 22.1. The standard InChI is InChI=1S/C19H23N5O/c1-12(2)13-6-7-16-14(9-13)5-4-8-24(16)11-17-21-18-15(19(25)22-17)10-20-23(18)3/h6-7,9-10,12H,4-5,8,11H2,1-3H3,(H,21,22,25). The second-order valence-electron chi connectivity index (χ2n) is 7.09. The maximum atomic E-state index is 12.3. The largest absolute Gasteiger partial charge is 0.364 e. The van der Waals surface area contributed by atoms with Gasteiger partial charge < -0.3 is 9.88 Å². The zero-order valence-corrected chi connectivity index (χ0v) is 14.9. The van der Waals surface area contributed by atoms with Crippen molar-refractivity contribution in [3.8, 4) is 0 Å². The number of rotatable bonds is 3. The molecule has 0 bridgehead atoms. The van der Waals surface area contributed by atoms with Crippen molar-refractivity contribution in [2.75, 3.05) is 11.4 Å². The van der Waals surface area contributed by atoms with Gasteiger partial charge in [0.1, 0.15) is 11.2 Å². The van der Waals surface area contributed by atoms with E-state index in [9.17, 15) is 4.79 Å². The summed E-state index contributed by atoms with van der Waals surface area (Å²) in [7, 11) is 1.81. The summed E-state index contributed by atoms with van der Waals surface area (Å²) in [6.45, 7) is 6.02. The molecule has 3 aromatic rings. The molecule has 0 radical (unpaired) electrons. The number of anilines is 1. The Balaban J connectivity index is 1.69. The number of fused-ring (bicyclic) bond motifs is 2. The van der Waals surface area contributed by atoms with Gasteiger partial charge in [0.25, 0.3) is 5.56 Å². The zero-order valence-electron chi connectivity index (χ0n) is 14.9. The van der Waals surface area contributed by atoms with E-state index in [-0.39, 0.29) is 5.56 Å². The molecule has 1 aromatic carbocycles. The van der Waals surface area contributed by atoms with Crippen molar-refractivity contribution in [2.45, 2.75) is 39.2 Å². The molecule has 25 heavy (non-hydrogen) atoms. The van der Waals surface area contributed by atoms with E-state index in [0.29, 0.717) is 29.3 Å². The Kier molecular flexibility index (Phi) is 3.82. The van der Waals surface area contributed by atoms with E-state index in [0.717, 1.165) is 19.4 Å². The molecule has 0 spiro atoms. The quantitative estimate of drug-likeness (QED) is 0.798. The van der Waals surface area contributed by atoms with Crippen molar-refractivity contribution in [3.63, 3.8) is 0 Å². The van der Waals surface area contributed by atoms with Crippen LogP contribution in [0.5, 0.6) is 0 Å². The SMILES string of the molecule is CC(C)c1ccc2c(c1)CCCN2Cc1nc2c(cnn2C)c(=O)[nH]1. The van der Waals surface area contributed by atoms with E-state index < -0.39 is 0 Å². The van der Waals surface area contributed by atoms with Crippen molar-refractivity contribution in [3.05, 3.63) is 51.7 Å². The fourth-order valence-corrected chi connectivity index (χ4v) is 3.55. The predicted octanol–water partition coefficient (Wildman–Crippen LogP) is 2.73. The van der Waals surface area contributed by atoms with Gasteiger partial charge in [0.2, 0.25) is 0 Å². The maximum Gasteiger partial charge on any atom is 0.262 e. The molecule has 1 aliphatic heterocycles. The molecule has 130 valence electrons. The topological polar surface area (TPSA) is 66.8 Å². The summed E-state index contributed by atoms with van der Waals surface area (Å²) in [6, 6.07) is 6.75. The fourth-order valence-electron chi connectivity index (χ4n) is 3.55. The predicted molar refractivity (Wildman–Crippen MR) is 99.0 cm³/mol. The normalized spacial score (nSPS) is 14.3. The number of aromatic nitrogens is 4. The molecule has 2 aromatic heterocycles. The number of hydrogen-bond acceptors (Lipinski definition) is 4. The van der Waals surface area contributed by atoms with E-state index in [1.54, 1.807) is 10.9 Å². The molecule has 0 saturated heterocycles. The van der Waals surface area contributed by atoms with E-state index in [1.165, 1.54) is 16.8 Å². The molecule has 0 fully saturated rings. The molecular formula is C19H23N5O. The smallest absolute Gasteiger partial charge is 0.262 e. The van der Waals surface area contributed by atoms with E-state index in [2.05, 4.69) is 52.0 Å². The molecule has 0 atom stereocenters. The molecule has 1 aliphatic rings. The first-order chi connectivity index (χ1) is 12.0. The van der Waals surface area contributed by atoms with Gasteiger partial charge in [-0.3, -0.25) is 9.48 Å². The van der Waals surface area contributed by atoms with Crippen molar-refractivity contribution in [2.24, 2.45) is 7.05 Å². The summed E-state index contributed by atoms with van der Waals surface area (Å²) >= 11 is 0. The molecule has 3 heterocycles. The lowest BCUT2D eigenvalue weighted by molar-refractivity contribution is 0.670. The molecular weight excluding hydrogens is 314 g/mol. The molecule has 0 aliphatic carbocycles. The second kappa shape index (κ2) is 6.02. The lowest BCUT2D eigenvalue weighted by Crippen LogP contribution is -2.30. The van der Waals surface area contributed by atoms with Crippen molar-refractivity contribution in [1.82, 2.24) is 19.7 Å². The first-order valence-electron chi connectivity index (χ1n) is 8.81. The number of H-pyrrole nitrogens is 1. The van der Waals surface area contributed by atoms with Gasteiger partial charge in [-0.25, -0.2) is 4.98 Å². The Morgan fingerprint density at radius 3 is 2.96 bits per heavy atom. The van der Waals surface area contributed by atoms with Gasteiger partial charge in [-0.2, -0.15) is 5.10 Å². The van der Waals surface area contributed by atoms with Crippen molar-refractivity contribution in [1.29, 1.82) is 0 Å². The van der Waals surface area contributed by atoms with Crippen LogP contribution in [0.2, 0.25) is 0 Å². The van der Waals surface area contributed by atoms with Crippen molar-refractivity contribution < 1.29 is 0 Å². The van der Waals surface area contributed by atoms with Gasteiger partial charge in [0, 0.05) is 19.3 Å². The highest BCUT2D eigenvalue weighted by Crippen LogP contribution is 2.30. The molecule has 1 N–H and O–H groups in total. The number of aromatic amines is 1. The number of nitrogens with zero attached hydrogens (tertiary/aromatic N) is 4. The van der Waals surface area contributed by atoms with Crippen molar-refractivity contribution >= 4 is 16.7 Å². The van der Waals surface area contributed by atoms with Crippen LogP contribution in [-0.2, 0) is 20.0 Å². The van der Waals surface area contributed by atoms with Gasteiger partial charge in [0.05, 0.1) is 12.7 Å². The van der Waals surface area contributed by atoms with Crippen LogP contribution in [0, 0.1) is 0 Å².